The topological polar surface area (TPSA) is 86.8 Å². The predicted molar refractivity (Wildman–Crippen MR) is 132 cm³/mol. The van der Waals surface area contributed by atoms with Gasteiger partial charge in [-0.3, -0.25) is 13.9 Å². The van der Waals surface area contributed by atoms with Crippen LogP contribution in [0.5, 0.6) is 0 Å². The molecule has 7 nitrogen and oxygen atoms in total. The van der Waals surface area contributed by atoms with Gasteiger partial charge in [0, 0.05) is 13.1 Å². The van der Waals surface area contributed by atoms with E-state index >= 15 is 0 Å². The molecule has 2 aromatic rings. The fraction of sp³-hybridized carbons (Fsp3) is 0.440. The fourth-order valence-electron chi connectivity index (χ4n) is 3.48. The van der Waals surface area contributed by atoms with Gasteiger partial charge in [-0.2, -0.15) is 0 Å². The quantitative estimate of drug-likeness (QED) is 0.507. The first kappa shape index (κ1) is 26.4. The van der Waals surface area contributed by atoms with Crippen LogP contribution in [0.25, 0.3) is 0 Å². The van der Waals surface area contributed by atoms with Crippen LogP contribution in [0.4, 0.5) is 5.69 Å². The van der Waals surface area contributed by atoms with E-state index in [9.17, 15) is 18.0 Å². The number of aryl methyl sites for hydroxylation is 2. The molecule has 0 aromatic heterocycles. The summed E-state index contributed by atoms with van der Waals surface area (Å²) >= 11 is 0. The summed E-state index contributed by atoms with van der Waals surface area (Å²) in [6.45, 7) is 7.73. The van der Waals surface area contributed by atoms with Gasteiger partial charge in [0.05, 0.1) is 11.9 Å². The second-order valence-electron chi connectivity index (χ2n) is 8.39. The van der Waals surface area contributed by atoms with Gasteiger partial charge in [-0.05, 0) is 49.9 Å². The predicted octanol–water partition coefficient (Wildman–Crippen LogP) is 3.40. The van der Waals surface area contributed by atoms with E-state index in [2.05, 4.69) is 5.32 Å². The Kier molecular flexibility index (Phi) is 9.46. The van der Waals surface area contributed by atoms with Crippen molar-refractivity contribution < 1.29 is 18.0 Å². The Morgan fingerprint density at radius 3 is 2.33 bits per heavy atom. The third kappa shape index (κ3) is 7.60. The molecule has 180 valence electrons. The zero-order valence-corrected chi connectivity index (χ0v) is 21.0. The van der Waals surface area contributed by atoms with Gasteiger partial charge >= 0.3 is 0 Å². The fourth-order valence-corrected chi connectivity index (χ4v) is 4.38. The maximum atomic E-state index is 13.5. The highest BCUT2D eigenvalue weighted by atomic mass is 32.2. The number of amides is 2. The molecule has 0 aliphatic heterocycles. The van der Waals surface area contributed by atoms with Gasteiger partial charge in [0.25, 0.3) is 0 Å². The van der Waals surface area contributed by atoms with Crippen LogP contribution in [0.1, 0.15) is 43.4 Å². The number of rotatable bonds is 11. The minimum atomic E-state index is -3.74. The lowest BCUT2D eigenvalue weighted by atomic mass is 10.1. The molecule has 0 aliphatic carbocycles. The molecule has 1 N–H and O–H groups in total. The number of hydrogen-bond donors (Lipinski definition) is 1. The third-order valence-electron chi connectivity index (χ3n) is 5.51. The Morgan fingerprint density at radius 1 is 1.06 bits per heavy atom. The van der Waals surface area contributed by atoms with Crippen molar-refractivity contribution in [2.24, 2.45) is 0 Å². The number of carbonyl (C=O) groups is 2. The van der Waals surface area contributed by atoms with Crippen molar-refractivity contribution in [2.45, 2.75) is 53.1 Å². The van der Waals surface area contributed by atoms with E-state index in [1.54, 1.807) is 13.0 Å². The molecule has 0 spiro atoms. The Labute approximate surface area is 197 Å². The Bertz CT molecular complexity index is 1050. The average molecular weight is 474 g/mol. The molecule has 0 radical (unpaired) electrons. The molecule has 8 heteroatoms. The van der Waals surface area contributed by atoms with E-state index in [0.717, 1.165) is 40.1 Å². The summed E-state index contributed by atoms with van der Waals surface area (Å²) in [5.74, 6) is -0.700. The van der Waals surface area contributed by atoms with Gasteiger partial charge in [0.15, 0.2) is 0 Å². The Morgan fingerprint density at radius 2 is 1.73 bits per heavy atom. The van der Waals surface area contributed by atoms with Gasteiger partial charge in [0.1, 0.15) is 12.6 Å². The first-order valence-corrected chi connectivity index (χ1v) is 13.1. The molecule has 0 saturated carbocycles. The second-order valence-corrected chi connectivity index (χ2v) is 10.3. The second kappa shape index (κ2) is 11.8. The highest BCUT2D eigenvalue weighted by Gasteiger charge is 2.30. The summed E-state index contributed by atoms with van der Waals surface area (Å²) in [7, 11) is -3.74. The molecular weight excluding hydrogens is 438 g/mol. The Hall–Kier alpha value is -2.87. The number of unbranched alkanes of at least 4 members (excludes halogenated alkanes) is 1. The smallest absolute Gasteiger partial charge is 0.244 e. The summed E-state index contributed by atoms with van der Waals surface area (Å²) in [6.07, 6.45) is 2.88. The number of hydrogen-bond acceptors (Lipinski definition) is 4. The standard InChI is InChI=1S/C25H35N3O4S/c1-6-7-15-26-25(30)21(4)27(17-22-11-9-8-10-12-22)24(29)18-28(33(5,31)32)23-16-19(2)13-14-20(23)3/h8-14,16,21H,6-7,15,17-18H2,1-5H3,(H,26,30)/t21-/m1/s1. The van der Waals surface area contributed by atoms with E-state index in [0.29, 0.717) is 12.2 Å². The van der Waals surface area contributed by atoms with Crippen LogP contribution in [0, 0.1) is 13.8 Å². The minimum absolute atomic E-state index is 0.201. The average Bonchev–Trinajstić information content (AvgIpc) is 2.77. The summed E-state index contributed by atoms with van der Waals surface area (Å²) in [5, 5.41) is 2.87. The molecule has 2 rings (SSSR count). The largest absolute Gasteiger partial charge is 0.354 e. The van der Waals surface area contributed by atoms with Crippen molar-refractivity contribution in [1.82, 2.24) is 10.2 Å². The molecule has 0 saturated heterocycles. The molecule has 0 bridgehead atoms. The molecule has 2 aromatic carbocycles. The highest BCUT2D eigenvalue weighted by Crippen LogP contribution is 2.24. The summed E-state index contributed by atoms with van der Waals surface area (Å²) < 4.78 is 26.5. The van der Waals surface area contributed by atoms with Crippen molar-refractivity contribution in [3.05, 3.63) is 65.2 Å². The van der Waals surface area contributed by atoms with E-state index in [1.807, 2.05) is 63.2 Å². The first-order valence-electron chi connectivity index (χ1n) is 11.2. The minimum Gasteiger partial charge on any atom is -0.354 e. The molecule has 2 amide bonds. The molecule has 0 heterocycles. The molecule has 0 unspecified atom stereocenters. The number of anilines is 1. The van der Waals surface area contributed by atoms with Gasteiger partial charge in [0.2, 0.25) is 21.8 Å². The normalized spacial score (nSPS) is 12.2. The summed E-state index contributed by atoms with van der Waals surface area (Å²) in [6, 6.07) is 14.1. The summed E-state index contributed by atoms with van der Waals surface area (Å²) in [4.78, 5) is 27.7. The van der Waals surface area contributed by atoms with Crippen LogP contribution in [-0.4, -0.2) is 50.5 Å². The maximum Gasteiger partial charge on any atom is 0.244 e. The number of nitrogens with one attached hydrogen (secondary N) is 1. The Balaban J connectivity index is 2.36. The van der Waals surface area contributed by atoms with Crippen molar-refractivity contribution in [3.8, 4) is 0 Å². The number of sulfonamides is 1. The molecular formula is C25H35N3O4S. The molecule has 0 fully saturated rings. The summed E-state index contributed by atoms with van der Waals surface area (Å²) in [5.41, 5.74) is 2.96. The van der Waals surface area contributed by atoms with Crippen LogP contribution in [0.15, 0.2) is 48.5 Å². The number of carbonyl (C=O) groups excluding carboxylic acids is 2. The molecule has 0 aliphatic rings. The SMILES string of the molecule is CCCCNC(=O)[C@@H](C)N(Cc1ccccc1)C(=O)CN(c1cc(C)ccc1C)S(C)(=O)=O. The molecule has 1 atom stereocenters. The van der Waals surface area contributed by atoms with E-state index < -0.39 is 22.0 Å². The number of nitrogens with zero attached hydrogens (tertiary/aromatic N) is 2. The van der Waals surface area contributed by atoms with Gasteiger partial charge in [-0.15, -0.1) is 0 Å². The van der Waals surface area contributed by atoms with Crippen molar-refractivity contribution >= 4 is 27.5 Å². The first-order chi connectivity index (χ1) is 15.5. The lowest BCUT2D eigenvalue weighted by Crippen LogP contribution is -2.51. The van der Waals surface area contributed by atoms with Crippen molar-refractivity contribution in [1.29, 1.82) is 0 Å². The zero-order valence-electron chi connectivity index (χ0n) is 20.2. The zero-order chi connectivity index (χ0) is 24.6. The van der Waals surface area contributed by atoms with E-state index in [-0.39, 0.29) is 19.0 Å². The van der Waals surface area contributed by atoms with Crippen molar-refractivity contribution in [2.75, 3.05) is 23.7 Å². The van der Waals surface area contributed by atoms with Crippen LogP contribution in [0.2, 0.25) is 0 Å². The van der Waals surface area contributed by atoms with Crippen molar-refractivity contribution in [3.63, 3.8) is 0 Å². The van der Waals surface area contributed by atoms with E-state index in [1.165, 1.54) is 4.90 Å². The van der Waals surface area contributed by atoms with Crippen LogP contribution >= 0.6 is 0 Å². The van der Waals surface area contributed by atoms with Gasteiger partial charge in [-0.25, -0.2) is 8.42 Å². The van der Waals surface area contributed by atoms with Gasteiger partial charge < -0.3 is 10.2 Å². The molecule has 33 heavy (non-hydrogen) atoms. The third-order valence-corrected chi connectivity index (χ3v) is 6.63. The monoisotopic (exact) mass is 473 g/mol. The maximum absolute atomic E-state index is 13.5. The lowest BCUT2D eigenvalue weighted by Gasteiger charge is -2.32. The van der Waals surface area contributed by atoms with Crippen LogP contribution in [0.3, 0.4) is 0 Å². The van der Waals surface area contributed by atoms with Gasteiger partial charge in [-0.1, -0.05) is 55.8 Å². The lowest BCUT2D eigenvalue weighted by molar-refractivity contribution is -0.139. The van der Waals surface area contributed by atoms with E-state index in [4.69, 9.17) is 0 Å². The number of benzene rings is 2. The highest BCUT2D eigenvalue weighted by molar-refractivity contribution is 7.92. The van der Waals surface area contributed by atoms with Crippen LogP contribution in [-0.2, 0) is 26.2 Å². The van der Waals surface area contributed by atoms with Crippen LogP contribution < -0.4 is 9.62 Å².